The molecular formula is C17H29N3O3. The Balaban J connectivity index is 2.73. The third-order valence-electron chi connectivity index (χ3n) is 4.27. The topological polar surface area (TPSA) is 84.2 Å². The maximum Gasteiger partial charge on any atom is 0.329 e. The molecule has 0 saturated heterocycles. The zero-order valence-corrected chi connectivity index (χ0v) is 15.1. The molecule has 1 unspecified atom stereocenters. The van der Waals surface area contributed by atoms with Gasteiger partial charge >= 0.3 is 5.97 Å². The molecule has 6 heteroatoms. The number of carbonyl (C=O) groups excluding carboxylic acids is 1. The molecule has 1 heterocycles. The van der Waals surface area contributed by atoms with Gasteiger partial charge < -0.3 is 10.4 Å². The first kappa shape index (κ1) is 19.2. The van der Waals surface area contributed by atoms with Crippen molar-refractivity contribution in [2.75, 3.05) is 0 Å². The average molecular weight is 323 g/mol. The molecule has 0 aliphatic heterocycles. The van der Waals surface area contributed by atoms with Gasteiger partial charge in [-0.25, -0.2) is 4.79 Å². The van der Waals surface area contributed by atoms with E-state index in [2.05, 4.69) is 24.3 Å². The minimum absolute atomic E-state index is 0.243. The van der Waals surface area contributed by atoms with Gasteiger partial charge in [-0.3, -0.25) is 9.48 Å². The monoisotopic (exact) mass is 323 g/mol. The summed E-state index contributed by atoms with van der Waals surface area (Å²) in [4.78, 5) is 23.3. The summed E-state index contributed by atoms with van der Waals surface area (Å²) in [7, 11) is 0. The van der Waals surface area contributed by atoms with Crippen LogP contribution in [0.5, 0.6) is 0 Å². The van der Waals surface area contributed by atoms with Gasteiger partial charge in [0.2, 0.25) is 5.91 Å². The van der Waals surface area contributed by atoms with E-state index < -0.39 is 11.5 Å². The van der Waals surface area contributed by atoms with Gasteiger partial charge in [0, 0.05) is 18.7 Å². The summed E-state index contributed by atoms with van der Waals surface area (Å²) >= 11 is 0. The van der Waals surface area contributed by atoms with Crippen molar-refractivity contribution in [1.82, 2.24) is 15.1 Å². The molecule has 1 rings (SSSR count). The molecular weight excluding hydrogens is 294 g/mol. The van der Waals surface area contributed by atoms with E-state index >= 15 is 0 Å². The minimum atomic E-state index is -1.21. The first-order valence-electron chi connectivity index (χ1n) is 8.18. The second-order valence-corrected chi connectivity index (χ2v) is 6.76. The van der Waals surface area contributed by atoms with Gasteiger partial charge in [0.05, 0.1) is 5.69 Å². The van der Waals surface area contributed by atoms with Gasteiger partial charge in [-0.05, 0) is 45.1 Å². The fourth-order valence-electron chi connectivity index (χ4n) is 2.52. The number of amides is 1. The van der Waals surface area contributed by atoms with Crippen molar-refractivity contribution in [3.05, 3.63) is 17.0 Å². The van der Waals surface area contributed by atoms with Crippen molar-refractivity contribution in [3.63, 3.8) is 0 Å². The Bertz CT molecular complexity index is 578. The number of carbonyl (C=O) groups is 2. The van der Waals surface area contributed by atoms with Crippen LogP contribution in [0.15, 0.2) is 0 Å². The quantitative estimate of drug-likeness (QED) is 0.769. The molecule has 23 heavy (non-hydrogen) atoms. The van der Waals surface area contributed by atoms with Crippen molar-refractivity contribution in [2.24, 2.45) is 5.92 Å². The van der Waals surface area contributed by atoms with Gasteiger partial charge in [-0.2, -0.15) is 5.10 Å². The number of rotatable bonds is 8. The number of hydrogen-bond donors (Lipinski definition) is 2. The smallest absolute Gasteiger partial charge is 0.329 e. The lowest BCUT2D eigenvalue weighted by Crippen LogP contribution is -2.51. The number of carboxylic acids is 1. The van der Waals surface area contributed by atoms with Crippen molar-refractivity contribution >= 4 is 11.9 Å². The Morgan fingerprint density at radius 2 is 1.96 bits per heavy atom. The van der Waals surface area contributed by atoms with E-state index in [-0.39, 0.29) is 12.3 Å². The van der Waals surface area contributed by atoms with Crippen LogP contribution in [0.2, 0.25) is 0 Å². The highest BCUT2D eigenvalue weighted by Crippen LogP contribution is 2.17. The van der Waals surface area contributed by atoms with Crippen LogP contribution in [0.1, 0.15) is 57.5 Å². The van der Waals surface area contributed by atoms with Crippen LogP contribution in [0.25, 0.3) is 0 Å². The lowest BCUT2D eigenvalue weighted by Gasteiger charge is -2.24. The normalized spacial score (nSPS) is 13.9. The van der Waals surface area contributed by atoms with E-state index in [1.807, 2.05) is 18.5 Å². The first-order valence-corrected chi connectivity index (χ1v) is 8.18. The van der Waals surface area contributed by atoms with Crippen molar-refractivity contribution in [3.8, 4) is 0 Å². The molecule has 6 nitrogen and oxygen atoms in total. The van der Waals surface area contributed by atoms with E-state index in [4.69, 9.17) is 0 Å². The minimum Gasteiger partial charge on any atom is -0.480 e. The van der Waals surface area contributed by atoms with Crippen LogP contribution in [-0.4, -0.2) is 32.3 Å². The van der Waals surface area contributed by atoms with E-state index in [1.165, 1.54) is 6.92 Å². The molecule has 0 aliphatic rings. The second-order valence-electron chi connectivity index (χ2n) is 6.76. The molecule has 1 atom stereocenters. The fraction of sp³-hybridized carbons (Fsp3) is 0.706. The summed E-state index contributed by atoms with van der Waals surface area (Å²) in [5.41, 5.74) is 1.89. The van der Waals surface area contributed by atoms with Crippen LogP contribution in [0.4, 0.5) is 0 Å². The van der Waals surface area contributed by atoms with Crippen molar-refractivity contribution in [1.29, 1.82) is 0 Å². The third kappa shape index (κ3) is 4.81. The zero-order valence-electron chi connectivity index (χ0n) is 15.1. The van der Waals surface area contributed by atoms with E-state index in [0.717, 1.165) is 23.5 Å². The summed E-state index contributed by atoms with van der Waals surface area (Å²) in [5, 5.41) is 16.4. The first-order chi connectivity index (χ1) is 10.6. The van der Waals surface area contributed by atoms with Crippen LogP contribution in [0.3, 0.4) is 0 Å². The highest BCUT2D eigenvalue weighted by molar-refractivity contribution is 5.86. The Labute approximate surface area is 138 Å². The van der Waals surface area contributed by atoms with Gasteiger partial charge in [-0.1, -0.05) is 20.8 Å². The van der Waals surface area contributed by atoms with E-state index in [0.29, 0.717) is 18.8 Å². The number of nitrogens with zero attached hydrogens (tertiary/aromatic N) is 2. The summed E-state index contributed by atoms with van der Waals surface area (Å²) in [5.74, 6) is -0.748. The number of aromatic nitrogens is 2. The molecule has 1 amide bonds. The van der Waals surface area contributed by atoms with E-state index in [1.54, 1.807) is 6.92 Å². The summed E-state index contributed by atoms with van der Waals surface area (Å²) in [6, 6.07) is 0. The number of aliphatic carboxylic acids is 1. The average Bonchev–Trinajstić information content (AvgIpc) is 2.70. The number of carboxylic acid groups (broad SMARTS) is 1. The molecule has 1 aromatic heterocycles. The number of aryl methyl sites for hydroxylation is 1. The van der Waals surface area contributed by atoms with Gasteiger partial charge in [-0.15, -0.1) is 0 Å². The third-order valence-corrected chi connectivity index (χ3v) is 4.27. The molecule has 1 aromatic rings. The fourth-order valence-corrected chi connectivity index (χ4v) is 2.52. The maximum atomic E-state index is 12.1. The van der Waals surface area contributed by atoms with Crippen LogP contribution in [0, 0.1) is 19.8 Å². The van der Waals surface area contributed by atoms with Crippen LogP contribution >= 0.6 is 0 Å². The standard InChI is InChI=1S/C17H29N3O3/c1-7-17(6,16(22)23)18-15(21)9-8-14-12(4)19-20(13(14)5)10-11(2)3/h11H,7-10H2,1-6H3,(H,18,21)(H,22,23). The van der Waals surface area contributed by atoms with Gasteiger partial charge in [0.15, 0.2) is 0 Å². The summed E-state index contributed by atoms with van der Waals surface area (Å²) in [6.45, 7) is 12.4. The molecule has 0 saturated carbocycles. The second kappa shape index (κ2) is 7.62. The summed E-state index contributed by atoms with van der Waals surface area (Å²) in [6.07, 6.45) is 1.18. The maximum absolute atomic E-state index is 12.1. The molecule has 130 valence electrons. The molecule has 0 fully saturated rings. The number of nitrogens with one attached hydrogen (secondary N) is 1. The molecule has 0 aliphatic carbocycles. The summed E-state index contributed by atoms with van der Waals surface area (Å²) < 4.78 is 1.99. The zero-order chi connectivity index (χ0) is 17.8. The van der Waals surface area contributed by atoms with E-state index in [9.17, 15) is 14.7 Å². The molecule has 0 aromatic carbocycles. The molecule has 0 bridgehead atoms. The Morgan fingerprint density at radius 3 is 2.43 bits per heavy atom. The van der Waals surface area contributed by atoms with Crippen LogP contribution < -0.4 is 5.32 Å². The highest BCUT2D eigenvalue weighted by atomic mass is 16.4. The SMILES string of the molecule is CCC(C)(NC(=O)CCc1c(C)nn(CC(C)C)c1C)C(=O)O. The lowest BCUT2D eigenvalue weighted by molar-refractivity contribution is -0.147. The van der Waals surface area contributed by atoms with Crippen LogP contribution in [-0.2, 0) is 22.6 Å². The molecule has 2 N–H and O–H groups in total. The molecule has 0 radical (unpaired) electrons. The van der Waals surface area contributed by atoms with Gasteiger partial charge in [0.25, 0.3) is 0 Å². The van der Waals surface area contributed by atoms with Gasteiger partial charge in [0.1, 0.15) is 5.54 Å². The largest absolute Gasteiger partial charge is 0.480 e. The number of hydrogen-bond acceptors (Lipinski definition) is 3. The predicted octanol–water partition coefficient (Wildman–Crippen LogP) is 2.46. The Morgan fingerprint density at radius 1 is 1.35 bits per heavy atom. The predicted molar refractivity (Wildman–Crippen MR) is 89.3 cm³/mol. The lowest BCUT2D eigenvalue weighted by atomic mass is 9.98. The Hall–Kier alpha value is -1.85. The van der Waals surface area contributed by atoms with Crippen molar-refractivity contribution < 1.29 is 14.7 Å². The highest BCUT2D eigenvalue weighted by Gasteiger charge is 2.32. The molecule has 0 spiro atoms. The van der Waals surface area contributed by atoms with Crippen molar-refractivity contribution in [2.45, 2.75) is 72.9 Å². The Kier molecular flexibility index (Phi) is 6.36.